The van der Waals surface area contributed by atoms with E-state index in [9.17, 15) is 4.79 Å². The summed E-state index contributed by atoms with van der Waals surface area (Å²) in [6, 6.07) is 0. The fourth-order valence-corrected chi connectivity index (χ4v) is 1.43. The van der Waals surface area contributed by atoms with Gasteiger partial charge in [-0.15, -0.1) is 0 Å². The first-order valence-corrected chi connectivity index (χ1v) is 4.59. The van der Waals surface area contributed by atoms with Gasteiger partial charge in [-0.2, -0.15) is 5.10 Å². The first-order chi connectivity index (χ1) is 5.75. The third kappa shape index (κ3) is 2.06. The van der Waals surface area contributed by atoms with Crippen LogP contribution < -0.4 is 5.43 Å². The Bertz CT molecular complexity index is 199. The highest BCUT2D eigenvalue weighted by atomic mass is 16.2. The first-order valence-electron chi connectivity index (χ1n) is 4.59. The Morgan fingerprint density at radius 1 is 1.50 bits per heavy atom. The average molecular weight is 168 g/mol. The van der Waals surface area contributed by atoms with Crippen molar-refractivity contribution in [2.75, 3.05) is 0 Å². The monoisotopic (exact) mass is 168 g/mol. The number of carbonyl (C=O) groups is 1. The van der Waals surface area contributed by atoms with Gasteiger partial charge in [0.2, 0.25) is 5.91 Å². The van der Waals surface area contributed by atoms with Crippen LogP contribution in [-0.2, 0) is 4.79 Å². The molecule has 0 saturated carbocycles. The molecule has 0 aromatic carbocycles. The van der Waals surface area contributed by atoms with Crippen molar-refractivity contribution in [1.29, 1.82) is 0 Å². The van der Waals surface area contributed by atoms with E-state index in [2.05, 4.69) is 17.5 Å². The third-order valence-corrected chi connectivity index (χ3v) is 2.26. The highest BCUT2D eigenvalue weighted by Gasteiger charge is 2.25. The molecule has 0 aromatic heterocycles. The molecule has 1 N–H and O–H groups in total. The zero-order valence-electron chi connectivity index (χ0n) is 7.76. The Hall–Kier alpha value is -0.860. The summed E-state index contributed by atoms with van der Waals surface area (Å²) in [5.41, 5.74) is 3.44. The van der Waals surface area contributed by atoms with Crippen molar-refractivity contribution >= 4 is 11.6 Å². The first kappa shape index (κ1) is 9.23. The molecular weight excluding hydrogens is 152 g/mol. The van der Waals surface area contributed by atoms with Crippen LogP contribution in [0.25, 0.3) is 0 Å². The van der Waals surface area contributed by atoms with Crippen molar-refractivity contribution < 1.29 is 4.79 Å². The molecule has 1 aliphatic rings. The second kappa shape index (κ2) is 4.24. The minimum atomic E-state index is 0.0524. The van der Waals surface area contributed by atoms with E-state index in [0.717, 1.165) is 18.6 Å². The Morgan fingerprint density at radius 3 is 2.75 bits per heavy atom. The minimum Gasteiger partial charge on any atom is -0.272 e. The Labute approximate surface area is 73.2 Å². The lowest BCUT2D eigenvalue weighted by atomic mass is 9.97. The molecule has 1 heterocycles. The maximum absolute atomic E-state index is 11.2. The lowest BCUT2D eigenvalue weighted by Gasteiger charge is -2.05. The zero-order valence-corrected chi connectivity index (χ0v) is 7.76. The molecule has 68 valence electrons. The summed E-state index contributed by atoms with van der Waals surface area (Å²) in [6.07, 6.45) is 4.48. The van der Waals surface area contributed by atoms with Gasteiger partial charge in [0, 0.05) is 5.71 Å². The van der Waals surface area contributed by atoms with E-state index >= 15 is 0 Å². The van der Waals surface area contributed by atoms with E-state index in [1.54, 1.807) is 0 Å². The normalized spacial score (nSPS) is 22.3. The van der Waals surface area contributed by atoms with Crippen LogP contribution in [0.5, 0.6) is 0 Å². The van der Waals surface area contributed by atoms with E-state index in [1.807, 2.05) is 6.92 Å². The molecule has 1 aliphatic heterocycles. The zero-order chi connectivity index (χ0) is 8.97. The minimum absolute atomic E-state index is 0.0524. The molecule has 3 nitrogen and oxygen atoms in total. The number of hydrogen-bond acceptors (Lipinski definition) is 2. The van der Waals surface area contributed by atoms with Gasteiger partial charge >= 0.3 is 0 Å². The Kier molecular flexibility index (Phi) is 3.26. The van der Waals surface area contributed by atoms with E-state index in [-0.39, 0.29) is 11.8 Å². The second-order valence-corrected chi connectivity index (χ2v) is 3.28. The van der Waals surface area contributed by atoms with Crippen molar-refractivity contribution in [2.45, 2.75) is 39.5 Å². The van der Waals surface area contributed by atoms with Crippen LogP contribution in [0.2, 0.25) is 0 Å². The van der Waals surface area contributed by atoms with Crippen LogP contribution >= 0.6 is 0 Å². The quantitative estimate of drug-likeness (QED) is 0.638. The molecule has 1 amide bonds. The molecule has 0 aromatic rings. The van der Waals surface area contributed by atoms with E-state index < -0.39 is 0 Å². The Morgan fingerprint density at radius 2 is 2.25 bits per heavy atom. The fourth-order valence-electron chi connectivity index (χ4n) is 1.43. The lowest BCUT2D eigenvalue weighted by molar-refractivity contribution is -0.122. The van der Waals surface area contributed by atoms with Crippen LogP contribution in [0.3, 0.4) is 0 Å². The van der Waals surface area contributed by atoms with Gasteiger partial charge in [-0.1, -0.05) is 26.2 Å². The van der Waals surface area contributed by atoms with Crippen LogP contribution in [0.15, 0.2) is 5.10 Å². The topological polar surface area (TPSA) is 41.5 Å². The van der Waals surface area contributed by atoms with E-state index in [0.29, 0.717) is 0 Å². The van der Waals surface area contributed by atoms with Crippen molar-refractivity contribution in [1.82, 2.24) is 5.43 Å². The maximum Gasteiger partial charge on any atom is 0.248 e. The predicted octanol–water partition coefficient (Wildman–Crippen LogP) is 1.69. The number of unbranched alkanes of at least 4 members (excludes halogenated alkanes) is 2. The number of nitrogens with zero attached hydrogens (tertiary/aromatic N) is 1. The summed E-state index contributed by atoms with van der Waals surface area (Å²) in [6.45, 7) is 4.07. The van der Waals surface area contributed by atoms with Crippen LogP contribution in [0.1, 0.15) is 39.5 Å². The van der Waals surface area contributed by atoms with Gasteiger partial charge in [0.15, 0.2) is 0 Å². The molecule has 0 fully saturated rings. The van der Waals surface area contributed by atoms with E-state index in [4.69, 9.17) is 0 Å². The third-order valence-electron chi connectivity index (χ3n) is 2.26. The van der Waals surface area contributed by atoms with Gasteiger partial charge in [0.1, 0.15) is 0 Å². The maximum atomic E-state index is 11.2. The summed E-state index contributed by atoms with van der Waals surface area (Å²) in [4.78, 5) is 11.2. The summed E-state index contributed by atoms with van der Waals surface area (Å²) in [5, 5.41) is 3.89. The molecule has 1 atom stereocenters. The van der Waals surface area contributed by atoms with Crippen molar-refractivity contribution in [3.63, 3.8) is 0 Å². The number of carbonyl (C=O) groups excluding carboxylic acids is 1. The van der Waals surface area contributed by atoms with Crippen molar-refractivity contribution in [3.05, 3.63) is 0 Å². The van der Waals surface area contributed by atoms with E-state index in [1.165, 1.54) is 12.8 Å². The molecule has 0 bridgehead atoms. The molecule has 0 aliphatic carbocycles. The molecule has 0 radical (unpaired) electrons. The van der Waals surface area contributed by atoms with Gasteiger partial charge in [-0.25, -0.2) is 5.43 Å². The molecule has 12 heavy (non-hydrogen) atoms. The van der Waals surface area contributed by atoms with Gasteiger partial charge in [-0.05, 0) is 13.3 Å². The van der Waals surface area contributed by atoms with Crippen molar-refractivity contribution in [2.24, 2.45) is 11.0 Å². The lowest BCUT2D eigenvalue weighted by Crippen LogP contribution is -2.21. The smallest absolute Gasteiger partial charge is 0.248 e. The highest BCUT2D eigenvalue weighted by molar-refractivity contribution is 6.06. The molecule has 0 spiro atoms. The number of hydrazone groups is 1. The number of rotatable bonds is 4. The Balaban J connectivity index is 2.31. The summed E-state index contributed by atoms with van der Waals surface area (Å²) in [7, 11) is 0. The standard InChI is InChI=1S/C9H16N2O/c1-3-4-5-6-8-7(2)10-11-9(8)12/h8H,3-6H2,1-2H3,(H,11,12)/t8-/m0/s1. The molecule has 1 rings (SSSR count). The van der Waals surface area contributed by atoms with Crippen LogP contribution in [-0.4, -0.2) is 11.6 Å². The van der Waals surface area contributed by atoms with Gasteiger partial charge in [0.25, 0.3) is 0 Å². The summed E-state index contributed by atoms with van der Waals surface area (Å²) in [5.74, 6) is 0.125. The summed E-state index contributed by atoms with van der Waals surface area (Å²) >= 11 is 0. The van der Waals surface area contributed by atoms with Crippen LogP contribution in [0, 0.1) is 5.92 Å². The highest BCUT2D eigenvalue weighted by Crippen LogP contribution is 2.15. The van der Waals surface area contributed by atoms with Gasteiger partial charge < -0.3 is 0 Å². The number of amides is 1. The predicted molar refractivity (Wildman–Crippen MR) is 48.9 cm³/mol. The fraction of sp³-hybridized carbons (Fsp3) is 0.778. The molecule has 0 unspecified atom stereocenters. The molecular formula is C9H16N2O. The largest absolute Gasteiger partial charge is 0.272 e. The van der Waals surface area contributed by atoms with Gasteiger partial charge in [-0.3, -0.25) is 4.79 Å². The van der Waals surface area contributed by atoms with Crippen molar-refractivity contribution in [3.8, 4) is 0 Å². The van der Waals surface area contributed by atoms with Gasteiger partial charge in [0.05, 0.1) is 5.92 Å². The SMILES string of the molecule is CCCCC[C@@H]1C(=O)NN=C1C. The second-order valence-electron chi connectivity index (χ2n) is 3.28. The average Bonchev–Trinajstić information content (AvgIpc) is 2.35. The summed E-state index contributed by atoms with van der Waals surface area (Å²) < 4.78 is 0. The molecule has 3 heteroatoms. The number of nitrogens with one attached hydrogen (secondary N) is 1. The molecule has 0 saturated heterocycles. The van der Waals surface area contributed by atoms with Crippen LogP contribution in [0.4, 0.5) is 0 Å². The number of hydrogen-bond donors (Lipinski definition) is 1.